The summed E-state index contributed by atoms with van der Waals surface area (Å²) in [6, 6.07) is 0.503. The zero-order valence-electron chi connectivity index (χ0n) is 12.4. The Morgan fingerprint density at radius 1 is 1.28 bits per heavy atom. The minimum Gasteiger partial charge on any atom is -0.371 e. The molecule has 104 valence electrons. The monoisotopic (exact) mass is 270 g/mol. The first kappa shape index (κ1) is 15.6. The summed E-state index contributed by atoms with van der Waals surface area (Å²) in [6.07, 6.45) is 0.131. The topological polar surface area (TPSA) is 34.1 Å². The molecule has 1 N–H and O–H groups in total. The molecule has 1 atom stereocenters. The summed E-state index contributed by atoms with van der Waals surface area (Å²) in [5, 5.41) is 4.56. The molecule has 4 heteroatoms. The van der Waals surface area contributed by atoms with Crippen molar-refractivity contribution in [3.63, 3.8) is 0 Å². The highest BCUT2D eigenvalue weighted by Crippen LogP contribution is 2.31. The highest BCUT2D eigenvalue weighted by Gasteiger charge is 2.21. The zero-order chi connectivity index (χ0) is 13.7. The lowest BCUT2D eigenvalue weighted by atomic mass is 10.1. The van der Waals surface area contributed by atoms with E-state index in [1.165, 1.54) is 4.88 Å². The van der Waals surface area contributed by atoms with E-state index in [2.05, 4.69) is 44.9 Å². The van der Waals surface area contributed by atoms with Gasteiger partial charge in [0.2, 0.25) is 0 Å². The maximum Gasteiger partial charge on any atom is 0.122 e. The summed E-state index contributed by atoms with van der Waals surface area (Å²) in [7, 11) is 0. The van der Waals surface area contributed by atoms with Crippen LogP contribution in [0.15, 0.2) is 0 Å². The lowest BCUT2D eigenvalue weighted by Gasteiger charge is -2.18. The third-order valence-electron chi connectivity index (χ3n) is 2.78. The Bertz CT molecular complexity index is 361. The molecular formula is C14H26N2OS. The Kier molecular flexibility index (Phi) is 6.26. The number of ether oxygens (including phenoxy) is 1. The van der Waals surface area contributed by atoms with Gasteiger partial charge in [0.05, 0.1) is 5.69 Å². The van der Waals surface area contributed by atoms with E-state index >= 15 is 0 Å². The van der Waals surface area contributed by atoms with Gasteiger partial charge in [-0.15, -0.1) is 11.3 Å². The van der Waals surface area contributed by atoms with Gasteiger partial charge in [0.15, 0.2) is 0 Å². The molecule has 0 amide bonds. The molecule has 0 aliphatic carbocycles. The van der Waals surface area contributed by atoms with Crippen LogP contribution in [0.25, 0.3) is 0 Å². The molecule has 0 spiro atoms. The van der Waals surface area contributed by atoms with E-state index in [1.807, 2.05) is 6.92 Å². The lowest BCUT2D eigenvalue weighted by Crippen LogP contribution is -2.21. The summed E-state index contributed by atoms with van der Waals surface area (Å²) in [5.41, 5.74) is 1.13. The van der Waals surface area contributed by atoms with E-state index in [1.54, 1.807) is 11.3 Å². The number of hydrogen-bond donors (Lipinski definition) is 1. The summed E-state index contributed by atoms with van der Waals surface area (Å²) >= 11 is 1.78. The van der Waals surface area contributed by atoms with Crippen LogP contribution >= 0.6 is 11.3 Å². The van der Waals surface area contributed by atoms with Gasteiger partial charge in [-0.1, -0.05) is 27.7 Å². The average Bonchev–Trinajstić information content (AvgIpc) is 2.64. The number of rotatable bonds is 7. The first-order chi connectivity index (χ1) is 8.45. The van der Waals surface area contributed by atoms with Crippen molar-refractivity contribution in [1.29, 1.82) is 0 Å². The molecular weight excluding hydrogens is 244 g/mol. The highest BCUT2D eigenvalue weighted by molar-refractivity contribution is 7.11. The fourth-order valence-electron chi connectivity index (χ4n) is 1.76. The molecule has 3 nitrogen and oxygen atoms in total. The molecule has 0 aliphatic heterocycles. The van der Waals surface area contributed by atoms with Crippen LogP contribution < -0.4 is 5.32 Å². The number of hydrogen-bond acceptors (Lipinski definition) is 4. The van der Waals surface area contributed by atoms with Gasteiger partial charge in [-0.05, 0) is 19.8 Å². The van der Waals surface area contributed by atoms with Gasteiger partial charge in [0.1, 0.15) is 11.1 Å². The van der Waals surface area contributed by atoms with Crippen molar-refractivity contribution in [3.8, 4) is 0 Å². The van der Waals surface area contributed by atoms with Gasteiger partial charge in [-0.2, -0.15) is 0 Å². The average molecular weight is 270 g/mol. The molecule has 0 aliphatic rings. The number of aromatic nitrogens is 1. The number of nitrogens with one attached hydrogen (secondary N) is 1. The van der Waals surface area contributed by atoms with Crippen molar-refractivity contribution in [3.05, 3.63) is 15.6 Å². The van der Waals surface area contributed by atoms with Gasteiger partial charge in [0, 0.05) is 24.1 Å². The Morgan fingerprint density at radius 2 is 1.94 bits per heavy atom. The molecule has 18 heavy (non-hydrogen) atoms. The van der Waals surface area contributed by atoms with E-state index in [4.69, 9.17) is 4.74 Å². The third-order valence-corrected chi connectivity index (χ3v) is 3.99. The van der Waals surface area contributed by atoms with Gasteiger partial charge >= 0.3 is 0 Å². The van der Waals surface area contributed by atoms with Gasteiger partial charge in [-0.3, -0.25) is 0 Å². The van der Waals surface area contributed by atoms with Crippen LogP contribution in [0.3, 0.4) is 0 Å². The Morgan fingerprint density at radius 3 is 2.44 bits per heavy atom. The summed E-state index contributed by atoms with van der Waals surface area (Å²) in [5.74, 6) is 0.460. The van der Waals surface area contributed by atoms with Crippen molar-refractivity contribution >= 4 is 11.3 Å². The third kappa shape index (κ3) is 4.34. The molecule has 1 aromatic heterocycles. The van der Waals surface area contributed by atoms with Crippen LogP contribution in [0, 0.1) is 12.8 Å². The van der Waals surface area contributed by atoms with Crippen molar-refractivity contribution in [1.82, 2.24) is 10.3 Å². The Labute approximate surface area is 115 Å². The maximum atomic E-state index is 5.81. The number of aryl methyl sites for hydroxylation is 1. The lowest BCUT2D eigenvalue weighted by molar-refractivity contribution is 0.0292. The first-order valence-corrected chi connectivity index (χ1v) is 7.58. The minimum absolute atomic E-state index is 0.131. The molecule has 0 saturated heterocycles. The summed E-state index contributed by atoms with van der Waals surface area (Å²) < 4.78 is 5.81. The molecule has 0 bridgehead atoms. The van der Waals surface area contributed by atoms with Crippen LogP contribution in [0.2, 0.25) is 0 Å². The van der Waals surface area contributed by atoms with Crippen LogP contribution in [0.5, 0.6) is 0 Å². The minimum atomic E-state index is 0.131. The van der Waals surface area contributed by atoms with Gasteiger partial charge in [0.25, 0.3) is 0 Å². The van der Waals surface area contributed by atoms with Gasteiger partial charge < -0.3 is 10.1 Å². The van der Waals surface area contributed by atoms with Crippen LogP contribution in [0.4, 0.5) is 0 Å². The van der Waals surface area contributed by atoms with Crippen molar-refractivity contribution < 1.29 is 4.74 Å². The van der Waals surface area contributed by atoms with E-state index in [0.29, 0.717) is 12.0 Å². The predicted octanol–water partition coefficient (Wildman–Crippen LogP) is 3.68. The molecule has 0 radical (unpaired) electrons. The molecule has 1 heterocycles. The SMILES string of the molecule is CCOC(c1nc(C)c(CNC(C)C)s1)C(C)C. The predicted molar refractivity (Wildman–Crippen MR) is 78.0 cm³/mol. The van der Waals surface area contributed by atoms with Crippen molar-refractivity contribution in [2.75, 3.05) is 6.61 Å². The number of thiazole rings is 1. The second-order valence-electron chi connectivity index (χ2n) is 5.22. The largest absolute Gasteiger partial charge is 0.371 e. The highest BCUT2D eigenvalue weighted by atomic mass is 32.1. The second-order valence-corrected chi connectivity index (χ2v) is 6.33. The fraction of sp³-hybridized carbons (Fsp3) is 0.786. The van der Waals surface area contributed by atoms with Crippen LogP contribution in [-0.4, -0.2) is 17.6 Å². The molecule has 0 fully saturated rings. The first-order valence-electron chi connectivity index (χ1n) is 6.76. The zero-order valence-corrected chi connectivity index (χ0v) is 13.2. The van der Waals surface area contributed by atoms with E-state index in [-0.39, 0.29) is 6.10 Å². The van der Waals surface area contributed by atoms with E-state index < -0.39 is 0 Å². The van der Waals surface area contributed by atoms with E-state index in [9.17, 15) is 0 Å². The van der Waals surface area contributed by atoms with Crippen molar-refractivity contribution in [2.45, 2.75) is 60.2 Å². The molecule has 1 unspecified atom stereocenters. The van der Waals surface area contributed by atoms with Crippen LogP contribution in [0.1, 0.15) is 56.3 Å². The van der Waals surface area contributed by atoms with Crippen molar-refractivity contribution in [2.24, 2.45) is 5.92 Å². The van der Waals surface area contributed by atoms with Gasteiger partial charge in [-0.25, -0.2) is 4.98 Å². The summed E-state index contributed by atoms with van der Waals surface area (Å²) in [4.78, 5) is 6.01. The summed E-state index contributed by atoms with van der Waals surface area (Å²) in [6.45, 7) is 14.5. The quantitative estimate of drug-likeness (QED) is 0.820. The normalized spacial score (nSPS) is 13.6. The molecule has 0 saturated carbocycles. The number of nitrogens with zero attached hydrogens (tertiary/aromatic N) is 1. The standard InChI is InChI=1S/C14H26N2OS/c1-7-17-13(9(2)3)14-16-11(6)12(18-14)8-15-10(4)5/h9-10,13,15H,7-8H2,1-6H3. The maximum absolute atomic E-state index is 5.81. The molecule has 1 aromatic rings. The Hall–Kier alpha value is -0.450. The fourth-order valence-corrected chi connectivity index (χ4v) is 3.00. The van der Waals surface area contributed by atoms with E-state index in [0.717, 1.165) is 23.9 Å². The molecule has 1 rings (SSSR count). The van der Waals surface area contributed by atoms with Crippen LogP contribution in [-0.2, 0) is 11.3 Å². The smallest absolute Gasteiger partial charge is 0.122 e. The Balaban J connectivity index is 2.80. The molecule has 0 aromatic carbocycles. The second kappa shape index (κ2) is 7.22.